The van der Waals surface area contributed by atoms with Crippen molar-refractivity contribution in [2.24, 2.45) is 5.73 Å². The lowest BCUT2D eigenvalue weighted by Gasteiger charge is -2.33. The quantitative estimate of drug-likeness (QED) is 0.182. The second kappa shape index (κ2) is 22.0. The van der Waals surface area contributed by atoms with E-state index in [2.05, 4.69) is 9.97 Å². The third kappa shape index (κ3) is 13.0. The number of Topliss-reactive ketones (excluding diaryl/α,β-unsaturated/α-hetero) is 2. The molecule has 3 N–H and O–H groups in total. The highest BCUT2D eigenvalue weighted by atomic mass is 35.5. The Balaban J connectivity index is 0.000000227. The number of benzene rings is 2. The Morgan fingerprint density at radius 1 is 0.695 bits per heavy atom. The number of urea groups is 2. The molecule has 0 aliphatic carbocycles. The molecule has 6 rings (SSSR count). The molecule has 0 bridgehead atoms. The van der Waals surface area contributed by atoms with Gasteiger partial charge in [0.2, 0.25) is 0 Å². The number of hydrogen-bond acceptors (Lipinski definition) is 10. The van der Waals surface area contributed by atoms with Gasteiger partial charge >= 0.3 is 18.5 Å². The van der Waals surface area contributed by atoms with Crippen LogP contribution in [0.3, 0.4) is 0 Å². The minimum atomic E-state index is -3.19. The Bertz CT molecular complexity index is 2070. The molecule has 59 heavy (non-hydrogen) atoms. The highest BCUT2D eigenvalue weighted by Crippen LogP contribution is 2.25. The lowest BCUT2D eigenvalue weighted by atomic mass is 10.1. The third-order valence-corrected chi connectivity index (χ3v) is 9.48. The summed E-state index contributed by atoms with van der Waals surface area (Å²) in [6, 6.07) is 20.1. The van der Waals surface area contributed by atoms with E-state index in [1.165, 1.54) is 23.4 Å². The van der Waals surface area contributed by atoms with Gasteiger partial charge in [-0.3, -0.25) is 34.2 Å². The van der Waals surface area contributed by atoms with E-state index in [1.807, 2.05) is 11.4 Å². The second-order valence-corrected chi connectivity index (χ2v) is 13.9. The van der Waals surface area contributed by atoms with Crippen molar-refractivity contribution in [3.63, 3.8) is 0 Å². The lowest BCUT2D eigenvalue weighted by Crippen LogP contribution is -2.48. The number of nitrogens with two attached hydrogens (primary N) is 1. The van der Waals surface area contributed by atoms with E-state index in [0.717, 1.165) is 0 Å². The number of ether oxygens (including phenoxy) is 2. The third-order valence-electron chi connectivity index (χ3n) is 9.01. The number of nitrogens with zero attached hydrogens (tertiary/aromatic N) is 6. The monoisotopic (exact) mass is 854 g/mol. The molecule has 0 atom stereocenters. The van der Waals surface area contributed by atoms with E-state index in [9.17, 15) is 32.8 Å². The number of nitrogens with one attached hydrogen (secondary N) is 1. The summed E-state index contributed by atoms with van der Waals surface area (Å²) in [7, 11) is 0. The van der Waals surface area contributed by atoms with Gasteiger partial charge in [-0.1, -0.05) is 35.3 Å². The summed E-state index contributed by atoms with van der Waals surface area (Å²) in [5, 5.41) is 2.88. The molecule has 0 unspecified atom stereocenters. The van der Waals surface area contributed by atoms with Gasteiger partial charge in [-0.15, -0.1) is 0 Å². The van der Waals surface area contributed by atoms with Crippen molar-refractivity contribution in [1.82, 2.24) is 25.1 Å². The van der Waals surface area contributed by atoms with Crippen LogP contribution in [0.5, 0.6) is 0 Å². The fourth-order valence-corrected chi connectivity index (χ4v) is 6.20. The average Bonchev–Trinajstić information content (AvgIpc) is 3.27. The summed E-state index contributed by atoms with van der Waals surface area (Å²) in [5.74, 6) is -2.25. The minimum absolute atomic E-state index is 0.0643. The van der Waals surface area contributed by atoms with E-state index >= 15 is 0 Å². The number of amides is 5. The molecular formula is C40H42Cl2F2N8O7. The van der Waals surface area contributed by atoms with Gasteiger partial charge < -0.3 is 30.3 Å². The van der Waals surface area contributed by atoms with Gasteiger partial charge in [-0.05, 0) is 60.7 Å². The maximum Gasteiger partial charge on any atom is 0.325 e. The van der Waals surface area contributed by atoms with E-state index in [1.54, 1.807) is 75.4 Å². The lowest BCUT2D eigenvalue weighted by molar-refractivity contribution is -0.131. The first-order valence-electron chi connectivity index (χ1n) is 18.4. The van der Waals surface area contributed by atoms with E-state index in [0.29, 0.717) is 91.0 Å². The normalized spacial score (nSPS) is 13.9. The van der Waals surface area contributed by atoms with Crippen LogP contribution in [0.25, 0.3) is 0 Å². The Hall–Kier alpha value is -5.59. The SMILES string of the molecule is NCC(=O)c1ccc(CN(C(=O)N2CCOCC2)c2cccc(Cl)c2)nc1.O=C(CNC(=O)C(F)F)c1ccc(CN(C(=O)N2CCOCC2)c2cccc(Cl)c2)nc1. The summed E-state index contributed by atoms with van der Waals surface area (Å²) in [6.45, 7) is 3.67. The largest absolute Gasteiger partial charge is 0.378 e. The molecule has 0 saturated carbocycles. The van der Waals surface area contributed by atoms with Crippen molar-refractivity contribution in [3.05, 3.63) is 118 Å². The average molecular weight is 856 g/mol. The Morgan fingerprint density at radius 3 is 1.51 bits per heavy atom. The molecule has 4 aromatic rings. The highest BCUT2D eigenvalue weighted by Gasteiger charge is 2.27. The number of hydrogen-bond donors (Lipinski definition) is 2. The second-order valence-electron chi connectivity index (χ2n) is 13.0. The molecule has 5 amide bonds. The fourth-order valence-electron chi connectivity index (χ4n) is 5.83. The van der Waals surface area contributed by atoms with Gasteiger partial charge in [-0.2, -0.15) is 8.78 Å². The summed E-state index contributed by atoms with van der Waals surface area (Å²) in [6.07, 6.45) is -0.425. The van der Waals surface area contributed by atoms with Crippen molar-refractivity contribution in [2.45, 2.75) is 19.5 Å². The Kier molecular flexibility index (Phi) is 16.6. The fraction of sp³-hybridized carbons (Fsp3) is 0.325. The number of morpholine rings is 2. The highest BCUT2D eigenvalue weighted by molar-refractivity contribution is 6.31. The van der Waals surface area contributed by atoms with Crippen LogP contribution in [-0.2, 0) is 27.4 Å². The minimum Gasteiger partial charge on any atom is -0.378 e. The molecule has 2 fully saturated rings. The van der Waals surface area contributed by atoms with E-state index < -0.39 is 24.7 Å². The van der Waals surface area contributed by atoms with Crippen molar-refractivity contribution in [2.75, 3.05) is 75.5 Å². The van der Waals surface area contributed by atoms with Crippen LogP contribution in [0.1, 0.15) is 32.1 Å². The molecule has 0 radical (unpaired) electrons. The Labute approximate surface area is 349 Å². The molecule has 312 valence electrons. The van der Waals surface area contributed by atoms with Crippen LogP contribution in [0.4, 0.5) is 29.7 Å². The van der Waals surface area contributed by atoms with Gasteiger partial charge in [0.1, 0.15) is 0 Å². The zero-order chi connectivity index (χ0) is 42.3. The number of aromatic nitrogens is 2. The van der Waals surface area contributed by atoms with Crippen molar-refractivity contribution >= 4 is 64.1 Å². The summed E-state index contributed by atoms with van der Waals surface area (Å²) < 4.78 is 35.1. The smallest absolute Gasteiger partial charge is 0.325 e. The zero-order valence-corrected chi connectivity index (χ0v) is 33.3. The van der Waals surface area contributed by atoms with Crippen LogP contribution in [0, 0.1) is 0 Å². The van der Waals surface area contributed by atoms with Crippen LogP contribution < -0.4 is 20.9 Å². The van der Waals surface area contributed by atoms with Crippen LogP contribution in [-0.4, -0.2) is 121 Å². The molecule has 2 aliphatic heterocycles. The Morgan fingerprint density at radius 2 is 1.14 bits per heavy atom. The molecule has 2 aromatic carbocycles. The van der Waals surface area contributed by atoms with Gasteiger partial charge in [0.25, 0.3) is 5.91 Å². The van der Waals surface area contributed by atoms with Crippen molar-refractivity contribution < 1.29 is 42.2 Å². The number of ketones is 2. The first-order chi connectivity index (χ1) is 28.4. The first-order valence-corrected chi connectivity index (χ1v) is 19.2. The maximum atomic E-state index is 13.2. The number of rotatable bonds is 12. The summed E-state index contributed by atoms with van der Waals surface area (Å²) in [5.41, 5.74) is 8.41. The molecule has 19 heteroatoms. The number of carbonyl (C=O) groups excluding carboxylic acids is 5. The number of anilines is 2. The summed E-state index contributed by atoms with van der Waals surface area (Å²) >= 11 is 12.2. The zero-order valence-electron chi connectivity index (χ0n) is 31.8. The number of pyridine rings is 2. The van der Waals surface area contributed by atoms with E-state index in [4.69, 9.17) is 38.4 Å². The number of alkyl halides is 2. The first kappa shape index (κ1) is 44.5. The molecule has 2 saturated heterocycles. The van der Waals surface area contributed by atoms with Gasteiger partial charge in [0.05, 0.1) is 64.0 Å². The predicted molar refractivity (Wildman–Crippen MR) is 216 cm³/mol. The standard InChI is InChI=1S/C21H21ClF2N4O4.C19H21ClN4O3/c22-15-2-1-3-17(10-15)28(21(31)27-6-8-32-9-7-27)13-16-5-4-14(11-25-16)18(29)12-26-20(30)19(23)24;20-15-2-1-3-17(10-15)24(19(26)23-6-8-27-9-7-23)13-16-5-4-14(12-22-16)18(25)11-21/h1-5,10-11,19H,6-9,12-13H2,(H,26,30);1-5,10,12H,6-9,11,13,21H2. The number of carbonyl (C=O) groups is 5. The van der Waals surface area contributed by atoms with Crippen LogP contribution in [0.15, 0.2) is 85.2 Å². The maximum absolute atomic E-state index is 13.2. The topological polar surface area (TPSA) is 181 Å². The van der Waals surface area contributed by atoms with Crippen LogP contribution in [0.2, 0.25) is 10.0 Å². The van der Waals surface area contributed by atoms with Gasteiger partial charge in [-0.25, -0.2) is 9.59 Å². The molecule has 2 aliphatic rings. The van der Waals surface area contributed by atoms with Crippen LogP contribution >= 0.6 is 23.2 Å². The molecule has 15 nitrogen and oxygen atoms in total. The molecule has 0 spiro atoms. The van der Waals surface area contributed by atoms with Crippen molar-refractivity contribution in [1.29, 1.82) is 0 Å². The number of halogens is 4. The summed E-state index contributed by atoms with van der Waals surface area (Å²) in [4.78, 5) is 76.0. The molecule has 4 heterocycles. The molecular weight excluding hydrogens is 813 g/mol. The van der Waals surface area contributed by atoms with Gasteiger partial charge in [0.15, 0.2) is 11.6 Å². The van der Waals surface area contributed by atoms with Gasteiger partial charge in [0, 0.05) is 71.1 Å². The predicted octanol–water partition coefficient (Wildman–Crippen LogP) is 5.09. The van der Waals surface area contributed by atoms with Crippen molar-refractivity contribution in [3.8, 4) is 0 Å². The van der Waals surface area contributed by atoms with E-state index in [-0.39, 0.29) is 43.0 Å². The molecule has 2 aromatic heterocycles.